The summed E-state index contributed by atoms with van der Waals surface area (Å²) in [6.45, 7) is 1.35. The van der Waals surface area contributed by atoms with Gasteiger partial charge in [0.2, 0.25) is 5.91 Å². The zero-order valence-corrected chi connectivity index (χ0v) is 15.4. The second-order valence-electron chi connectivity index (χ2n) is 6.76. The summed E-state index contributed by atoms with van der Waals surface area (Å²) in [6, 6.07) is 15.6. The predicted octanol–water partition coefficient (Wildman–Crippen LogP) is 2.85. The SMILES string of the molecule is CN(C)c1ccc(CCNC(=O)c2ccc(N3CCCC3=O)cc2)cc1. The number of anilines is 2. The Morgan fingerprint density at radius 2 is 1.77 bits per heavy atom. The lowest BCUT2D eigenvalue weighted by molar-refractivity contribution is -0.117. The van der Waals surface area contributed by atoms with Crippen LogP contribution in [0, 0.1) is 0 Å². The van der Waals surface area contributed by atoms with Crippen molar-refractivity contribution in [3.63, 3.8) is 0 Å². The molecular formula is C21H25N3O2. The van der Waals surface area contributed by atoms with Crippen LogP contribution in [-0.2, 0) is 11.2 Å². The molecule has 0 aromatic heterocycles. The Bertz CT molecular complexity index is 767. The fourth-order valence-electron chi connectivity index (χ4n) is 3.10. The lowest BCUT2D eigenvalue weighted by Gasteiger charge is -2.16. The number of hydrogen-bond acceptors (Lipinski definition) is 3. The van der Waals surface area contributed by atoms with E-state index in [2.05, 4.69) is 34.5 Å². The van der Waals surface area contributed by atoms with Crippen molar-refractivity contribution < 1.29 is 9.59 Å². The van der Waals surface area contributed by atoms with Gasteiger partial charge in [0, 0.05) is 50.5 Å². The molecule has 2 aromatic rings. The maximum Gasteiger partial charge on any atom is 0.251 e. The summed E-state index contributed by atoms with van der Waals surface area (Å²) in [7, 11) is 4.03. The normalized spacial score (nSPS) is 13.8. The van der Waals surface area contributed by atoms with Crippen molar-refractivity contribution in [2.24, 2.45) is 0 Å². The van der Waals surface area contributed by atoms with Crippen molar-refractivity contribution in [3.05, 3.63) is 59.7 Å². The van der Waals surface area contributed by atoms with Crippen molar-refractivity contribution in [2.45, 2.75) is 19.3 Å². The average molecular weight is 351 g/mol. The van der Waals surface area contributed by atoms with Crippen molar-refractivity contribution in [3.8, 4) is 0 Å². The van der Waals surface area contributed by atoms with Gasteiger partial charge in [0.05, 0.1) is 0 Å². The molecule has 0 radical (unpaired) electrons. The molecule has 0 bridgehead atoms. The molecule has 1 heterocycles. The Morgan fingerprint density at radius 3 is 2.35 bits per heavy atom. The van der Waals surface area contributed by atoms with E-state index in [1.807, 2.05) is 26.2 Å². The van der Waals surface area contributed by atoms with Gasteiger partial charge >= 0.3 is 0 Å². The lowest BCUT2D eigenvalue weighted by Crippen LogP contribution is -2.26. The summed E-state index contributed by atoms with van der Waals surface area (Å²) in [6.07, 6.45) is 2.30. The number of nitrogens with one attached hydrogen (secondary N) is 1. The first-order valence-electron chi connectivity index (χ1n) is 8.99. The summed E-state index contributed by atoms with van der Waals surface area (Å²) < 4.78 is 0. The molecule has 0 saturated carbocycles. The van der Waals surface area contributed by atoms with Crippen LogP contribution in [-0.4, -0.2) is 39.0 Å². The summed E-state index contributed by atoms with van der Waals surface area (Å²) in [5, 5.41) is 2.95. The van der Waals surface area contributed by atoms with Crippen LogP contribution in [0.3, 0.4) is 0 Å². The number of benzene rings is 2. The zero-order valence-electron chi connectivity index (χ0n) is 15.4. The topological polar surface area (TPSA) is 52.7 Å². The van der Waals surface area contributed by atoms with Crippen LogP contribution < -0.4 is 15.1 Å². The number of nitrogens with zero attached hydrogens (tertiary/aromatic N) is 2. The zero-order chi connectivity index (χ0) is 18.5. The quantitative estimate of drug-likeness (QED) is 0.871. The molecule has 0 atom stereocenters. The van der Waals surface area contributed by atoms with Gasteiger partial charge in [-0.25, -0.2) is 0 Å². The molecule has 26 heavy (non-hydrogen) atoms. The minimum absolute atomic E-state index is 0.0887. The molecule has 1 fully saturated rings. The molecule has 0 unspecified atom stereocenters. The second kappa shape index (κ2) is 8.04. The number of rotatable bonds is 6. The van der Waals surface area contributed by atoms with Crippen molar-refractivity contribution in [2.75, 3.05) is 37.0 Å². The highest BCUT2D eigenvalue weighted by Gasteiger charge is 2.21. The maximum absolute atomic E-state index is 12.3. The van der Waals surface area contributed by atoms with E-state index in [4.69, 9.17) is 0 Å². The van der Waals surface area contributed by atoms with Crippen LogP contribution >= 0.6 is 0 Å². The average Bonchev–Trinajstić information content (AvgIpc) is 3.08. The van der Waals surface area contributed by atoms with E-state index in [0.717, 1.165) is 30.8 Å². The maximum atomic E-state index is 12.3. The van der Waals surface area contributed by atoms with Crippen molar-refractivity contribution in [1.29, 1.82) is 0 Å². The third-order valence-electron chi connectivity index (χ3n) is 4.67. The first kappa shape index (κ1) is 18.0. The van der Waals surface area contributed by atoms with E-state index in [-0.39, 0.29) is 11.8 Å². The largest absolute Gasteiger partial charge is 0.378 e. The van der Waals surface area contributed by atoms with Crippen LogP contribution in [0.2, 0.25) is 0 Å². The highest BCUT2D eigenvalue weighted by atomic mass is 16.2. The van der Waals surface area contributed by atoms with Crippen LogP contribution in [0.15, 0.2) is 48.5 Å². The molecule has 1 N–H and O–H groups in total. The summed E-state index contributed by atoms with van der Waals surface area (Å²) >= 11 is 0. The molecule has 1 aliphatic heterocycles. The molecule has 5 nitrogen and oxygen atoms in total. The van der Waals surface area contributed by atoms with Gasteiger partial charge in [-0.3, -0.25) is 9.59 Å². The fraction of sp³-hybridized carbons (Fsp3) is 0.333. The molecular weight excluding hydrogens is 326 g/mol. The summed E-state index contributed by atoms with van der Waals surface area (Å²) in [5.41, 5.74) is 3.83. The molecule has 136 valence electrons. The standard InChI is InChI=1S/C21H25N3O2/c1-23(2)18-9-5-16(6-10-18)13-14-22-21(26)17-7-11-19(12-8-17)24-15-3-4-20(24)25/h5-12H,3-4,13-15H2,1-2H3,(H,22,26). The first-order chi connectivity index (χ1) is 12.5. The van der Waals surface area contributed by atoms with Crippen molar-refractivity contribution in [1.82, 2.24) is 5.32 Å². The minimum Gasteiger partial charge on any atom is -0.378 e. The molecule has 5 heteroatoms. The van der Waals surface area contributed by atoms with E-state index in [0.29, 0.717) is 18.5 Å². The van der Waals surface area contributed by atoms with Crippen LogP contribution in [0.4, 0.5) is 11.4 Å². The van der Waals surface area contributed by atoms with Gasteiger partial charge in [-0.2, -0.15) is 0 Å². The third kappa shape index (κ3) is 4.23. The van der Waals surface area contributed by atoms with Gasteiger partial charge in [0.25, 0.3) is 5.91 Å². The first-order valence-corrected chi connectivity index (χ1v) is 8.99. The van der Waals surface area contributed by atoms with Gasteiger partial charge in [-0.15, -0.1) is 0 Å². The molecule has 1 aliphatic rings. The Hall–Kier alpha value is -2.82. The predicted molar refractivity (Wildman–Crippen MR) is 105 cm³/mol. The molecule has 3 rings (SSSR count). The Balaban J connectivity index is 1.51. The number of carbonyl (C=O) groups excluding carboxylic acids is 2. The van der Waals surface area contributed by atoms with Crippen LogP contribution in [0.1, 0.15) is 28.8 Å². The van der Waals surface area contributed by atoms with Gasteiger partial charge in [0.1, 0.15) is 0 Å². The van der Waals surface area contributed by atoms with E-state index in [1.165, 1.54) is 5.56 Å². The Morgan fingerprint density at radius 1 is 1.08 bits per heavy atom. The molecule has 1 saturated heterocycles. The van der Waals surface area contributed by atoms with E-state index >= 15 is 0 Å². The lowest BCUT2D eigenvalue weighted by atomic mass is 10.1. The molecule has 2 aromatic carbocycles. The van der Waals surface area contributed by atoms with Crippen LogP contribution in [0.25, 0.3) is 0 Å². The van der Waals surface area contributed by atoms with E-state index in [1.54, 1.807) is 17.0 Å². The minimum atomic E-state index is -0.0887. The molecule has 0 aliphatic carbocycles. The van der Waals surface area contributed by atoms with E-state index in [9.17, 15) is 9.59 Å². The molecule has 0 spiro atoms. The monoisotopic (exact) mass is 351 g/mol. The third-order valence-corrected chi connectivity index (χ3v) is 4.67. The van der Waals surface area contributed by atoms with Gasteiger partial charge in [0.15, 0.2) is 0 Å². The Labute approximate surface area is 154 Å². The smallest absolute Gasteiger partial charge is 0.251 e. The Kier molecular flexibility index (Phi) is 5.56. The number of carbonyl (C=O) groups is 2. The molecule has 2 amide bonds. The number of hydrogen-bond donors (Lipinski definition) is 1. The number of amides is 2. The van der Waals surface area contributed by atoms with Gasteiger partial charge < -0.3 is 15.1 Å². The van der Waals surface area contributed by atoms with Crippen molar-refractivity contribution >= 4 is 23.2 Å². The highest BCUT2D eigenvalue weighted by Crippen LogP contribution is 2.21. The fourth-order valence-corrected chi connectivity index (χ4v) is 3.10. The van der Waals surface area contributed by atoms with Crippen LogP contribution in [0.5, 0.6) is 0 Å². The summed E-state index contributed by atoms with van der Waals surface area (Å²) in [4.78, 5) is 27.9. The van der Waals surface area contributed by atoms with E-state index < -0.39 is 0 Å². The van der Waals surface area contributed by atoms with Gasteiger partial charge in [-0.1, -0.05) is 12.1 Å². The van der Waals surface area contributed by atoms with Gasteiger partial charge in [-0.05, 0) is 54.8 Å². The highest BCUT2D eigenvalue weighted by molar-refractivity contribution is 5.97. The second-order valence-corrected chi connectivity index (χ2v) is 6.76. The summed E-state index contributed by atoms with van der Waals surface area (Å²) in [5.74, 6) is 0.0664.